The summed E-state index contributed by atoms with van der Waals surface area (Å²) >= 11 is 0. The molecule has 4 rings (SSSR count). The van der Waals surface area contributed by atoms with E-state index in [1.165, 1.54) is 33.4 Å². The molecule has 3 aromatic carbocycles. The molecular weight excluding hydrogens is 335 g/mol. The van der Waals surface area contributed by atoms with Gasteiger partial charge in [-0.05, 0) is 42.8 Å². The average molecular weight is 359 g/mol. The molecule has 0 spiro atoms. The zero-order valence-corrected chi connectivity index (χ0v) is 16.0. The summed E-state index contributed by atoms with van der Waals surface area (Å²) in [7, 11) is -0.0893. The molecule has 0 saturated carbocycles. The van der Waals surface area contributed by atoms with Crippen LogP contribution in [0.15, 0.2) is 102 Å². The van der Waals surface area contributed by atoms with E-state index in [4.69, 9.17) is 4.74 Å². The SMILES string of the molecule is COC1=C([P+](c2ccccc2)(c2ccccc2)c2ccccc2)CCC1. The van der Waals surface area contributed by atoms with Gasteiger partial charge in [-0.3, -0.25) is 0 Å². The predicted octanol–water partition coefficient (Wildman–Crippen LogP) is 5.02. The molecule has 0 aliphatic heterocycles. The Hall–Kier alpha value is -2.37. The molecule has 0 bridgehead atoms. The maximum absolute atomic E-state index is 5.90. The third kappa shape index (κ3) is 2.77. The smallest absolute Gasteiger partial charge is 0.143 e. The summed E-state index contributed by atoms with van der Waals surface area (Å²) in [6.07, 6.45) is 3.32. The number of methoxy groups -OCH3 is 1. The van der Waals surface area contributed by atoms with E-state index in [0.29, 0.717) is 0 Å². The monoisotopic (exact) mass is 359 g/mol. The third-order valence-electron chi connectivity index (χ3n) is 5.22. The van der Waals surface area contributed by atoms with Gasteiger partial charge in [0.25, 0.3) is 0 Å². The van der Waals surface area contributed by atoms with Crippen LogP contribution in [0.5, 0.6) is 0 Å². The van der Waals surface area contributed by atoms with Crippen molar-refractivity contribution in [2.75, 3.05) is 7.11 Å². The van der Waals surface area contributed by atoms with Crippen molar-refractivity contribution in [2.45, 2.75) is 19.3 Å². The van der Waals surface area contributed by atoms with E-state index in [1.807, 2.05) is 7.11 Å². The Balaban J connectivity index is 2.11. The molecule has 0 saturated heterocycles. The molecular formula is C24H24OP+. The second-order valence-corrected chi connectivity index (χ2v) is 10.0. The highest BCUT2D eigenvalue weighted by Gasteiger charge is 2.52. The molecule has 26 heavy (non-hydrogen) atoms. The van der Waals surface area contributed by atoms with Gasteiger partial charge in [-0.15, -0.1) is 0 Å². The van der Waals surface area contributed by atoms with E-state index in [0.717, 1.165) is 12.8 Å². The van der Waals surface area contributed by atoms with Crippen molar-refractivity contribution in [3.63, 3.8) is 0 Å². The van der Waals surface area contributed by atoms with Gasteiger partial charge in [0.05, 0.1) is 7.11 Å². The summed E-state index contributed by atoms with van der Waals surface area (Å²) in [6.45, 7) is 0. The Morgan fingerprint density at radius 2 is 1.04 bits per heavy atom. The van der Waals surface area contributed by atoms with Crippen LogP contribution in [0, 0.1) is 0 Å². The predicted molar refractivity (Wildman–Crippen MR) is 113 cm³/mol. The van der Waals surface area contributed by atoms with Gasteiger partial charge in [-0.25, -0.2) is 0 Å². The van der Waals surface area contributed by atoms with Gasteiger partial charge >= 0.3 is 0 Å². The Morgan fingerprint density at radius 3 is 1.42 bits per heavy atom. The van der Waals surface area contributed by atoms with Crippen LogP contribution < -0.4 is 15.9 Å². The zero-order valence-electron chi connectivity index (χ0n) is 15.1. The standard InChI is InChI=1S/C24H24OP/c1-25-23-18-11-19-24(23)26(20-12-5-2-6-13-20,21-14-7-3-8-15-21)22-16-9-4-10-17-22/h2-10,12-17H,11,18-19H2,1H3/q+1. The van der Waals surface area contributed by atoms with Crippen LogP contribution in [0.25, 0.3) is 0 Å². The van der Waals surface area contributed by atoms with Crippen LogP contribution in [0.3, 0.4) is 0 Å². The lowest BCUT2D eigenvalue weighted by Crippen LogP contribution is -2.32. The largest absolute Gasteiger partial charge is 0.497 e. The Labute approximate surface area is 156 Å². The number of rotatable bonds is 5. The van der Waals surface area contributed by atoms with Gasteiger partial charge in [0, 0.05) is 12.8 Å². The molecule has 0 radical (unpaired) electrons. The highest BCUT2D eigenvalue weighted by molar-refractivity contribution is 7.99. The number of hydrogen-bond acceptors (Lipinski definition) is 1. The van der Waals surface area contributed by atoms with E-state index in [2.05, 4.69) is 91.0 Å². The van der Waals surface area contributed by atoms with Crippen molar-refractivity contribution in [2.24, 2.45) is 0 Å². The summed E-state index contributed by atoms with van der Waals surface area (Å²) in [4.78, 5) is 0. The van der Waals surface area contributed by atoms with Crippen LogP contribution in [0.2, 0.25) is 0 Å². The Bertz CT molecular complexity index is 789. The van der Waals surface area contributed by atoms with Crippen molar-refractivity contribution in [3.05, 3.63) is 102 Å². The number of hydrogen-bond donors (Lipinski definition) is 0. The summed E-state index contributed by atoms with van der Waals surface area (Å²) in [5, 5.41) is 5.72. The van der Waals surface area contributed by atoms with Crippen molar-refractivity contribution in [1.29, 1.82) is 0 Å². The topological polar surface area (TPSA) is 9.23 Å². The summed E-state index contributed by atoms with van der Waals surface area (Å²) in [5.74, 6) is 1.19. The maximum Gasteiger partial charge on any atom is 0.143 e. The van der Waals surface area contributed by atoms with Crippen molar-refractivity contribution in [1.82, 2.24) is 0 Å². The first-order valence-corrected chi connectivity index (χ1v) is 11.0. The Kier molecular flexibility index (Phi) is 4.91. The molecule has 1 aliphatic rings. The summed E-state index contributed by atoms with van der Waals surface area (Å²) < 4.78 is 5.90. The second-order valence-electron chi connectivity index (χ2n) is 6.61. The van der Waals surface area contributed by atoms with E-state index < -0.39 is 7.26 Å². The highest BCUT2D eigenvalue weighted by Crippen LogP contribution is 2.66. The minimum absolute atomic E-state index is 1.04. The average Bonchev–Trinajstić information content (AvgIpc) is 3.20. The molecule has 0 fully saturated rings. The second kappa shape index (κ2) is 7.48. The fourth-order valence-electron chi connectivity index (χ4n) is 4.14. The van der Waals surface area contributed by atoms with Gasteiger partial charge in [0.2, 0.25) is 0 Å². The molecule has 0 atom stereocenters. The van der Waals surface area contributed by atoms with Gasteiger partial charge in [-0.1, -0.05) is 54.6 Å². The third-order valence-corrected chi connectivity index (χ3v) is 9.72. The molecule has 0 heterocycles. The number of allylic oxidation sites excluding steroid dienone is 2. The lowest BCUT2D eigenvalue weighted by molar-refractivity contribution is 0.282. The van der Waals surface area contributed by atoms with E-state index in [9.17, 15) is 0 Å². The van der Waals surface area contributed by atoms with Gasteiger partial charge in [0.1, 0.15) is 34.2 Å². The minimum Gasteiger partial charge on any atom is -0.497 e. The highest BCUT2D eigenvalue weighted by atomic mass is 31.2. The molecule has 0 unspecified atom stereocenters. The van der Waals surface area contributed by atoms with Crippen LogP contribution in [-0.2, 0) is 4.74 Å². The fraction of sp³-hybridized carbons (Fsp3) is 0.167. The quantitative estimate of drug-likeness (QED) is 0.581. The first kappa shape index (κ1) is 17.1. The summed E-state index contributed by atoms with van der Waals surface area (Å²) in [6, 6.07) is 33.1. The lowest BCUT2D eigenvalue weighted by Gasteiger charge is -2.29. The zero-order chi connectivity index (χ0) is 17.8. The molecule has 0 aromatic heterocycles. The van der Waals surface area contributed by atoms with E-state index in [-0.39, 0.29) is 0 Å². The van der Waals surface area contributed by atoms with Crippen LogP contribution in [0.4, 0.5) is 0 Å². The van der Waals surface area contributed by atoms with Crippen LogP contribution in [0.1, 0.15) is 19.3 Å². The van der Waals surface area contributed by atoms with Crippen molar-refractivity contribution < 1.29 is 4.74 Å². The van der Waals surface area contributed by atoms with Crippen LogP contribution >= 0.6 is 7.26 Å². The molecule has 0 amide bonds. The lowest BCUT2D eigenvalue weighted by atomic mass is 10.3. The van der Waals surface area contributed by atoms with E-state index >= 15 is 0 Å². The summed E-state index contributed by atoms with van der Waals surface area (Å²) in [5.41, 5.74) is 0. The molecule has 3 aromatic rings. The first-order valence-electron chi connectivity index (χ1n) is 9.20. The van der Waals surface area contributed by atoms with Gasteiger partial charge < -0.3 is 4.74 Å². The molecule has 2 heteroatoms. The minimum atomic E-state index is -1.92. The van der Waals surface area contributed by atoms with Gasteiger partial charge in [0.15, 0.2) is 0 Å². The molecule has 0 N–H and O–H groups in total. The molecule has 1 nitrogen and oxygen atoms in total. The fourth-order valence-corrected chi connectivity index (χ4v) is 8.90. The number of ether oxygens (including phenoxy) is 1. The molecule has 1 aliphatic carbocycles. The van der Waals surface area contributed by atoms with Gasteiger partial charge in [-0.2, -0.15) is 0 Å². The number of benzene rings is 3. The van der Waals surface area contributed by atoms with Crippen molar-refractivity contribution in [3.8, 4) is 0 Å². The first-order chi connectivity index (χ1) is 12.9. The van der Waals surface area contributed by atoms with Crippen LogP contribution in [-0.4, -0.2) is 7.11 Å². The van der Waals surface area contributed by atoms with Crippen molar-refractivity contribution >= 4 is 23.2 Å². The Morgan fingerprint density at radius 1 is 0.615 bits per heavy atom. The normalized spacial score (nSPS) is 14.5. The maximum atomic E-state index is 5.90. The van der Waals surface area contributed by atoms with E-state index in [1.54, 1.807) is 0 Å². The molecule has 130 valence electrons.